The van der Waals surface area contributed by atoms with Gasteiger partial charge < -0.3 is 0 Å². The first-order chi connectivity index (χ1) is 6.84. The minimum absolute atomic E-state index is 0. The summed E-state index contributed by atoms with van der Waals surface area (Å²) in [5.74, 6) is 5.68. The molecule has 6 heteroatoms. The van der Waals surface area contributed by atoms with E-state index in [9.17, 15) is 0 Å². The molecule has 4 nitrogen and oxygen atoms in total. The Morgan fingerprint density at radius 3 is 2.38 bits per heavy atom. The summed E-state index contributed by atoms with van der Waals surface area (Å²) in [6, 6.07) is 6.04. The standard InChI is InChI=1S/C10H16N4.2ClH/c11-14-7-5-13(6-8-14)9-10-3-1-2-4-12-10;;/h1-4H,5-9,11H2;2*1H. The number of aromatic nitrogens is 1. The van der Waals surface area contributed by atoms with Gasteiger partial charge in [0.2, 0.25) is 0 Å². The van der Waals surface area contributed by atoms with E-state index in [0.29, 0.717) is 0 Å². The summed E-state index contributed by atoms with van der Waals surface area (Å²) >= 11 is 0. The Morgan fingerprint density at radius 2 is 1.81 bits per heavy atom. The molecule has 92 valence electrons. The van der Waals surface area contributed by atoms with Crippen molar-refractivity contribution in [2.24, 2.45) is 5.84 Å². The van der Waals surface area contributed by atoms with Gasteiger partial charge in [-0.1, -0.05) is 6.07 Å². The molecule has 0 saturated carbocycles. The Kier molecular flexibility index (Phi) is 7.62. The molecular formula is C10H18Cl2N4. The highest BCUT2D eigenvalue weighted by Crippen LogP contribution is 2.03. The number of pyridine rings is 1. The van der Waals surface area contributed by atoms with E-state index in [1.807, 2.05) is 23.3 Å². The van der Waals surface area contributed by atoms with Crippen LogP contribution in [0.25, 0.3) is 0 Å². The average Bonchev–Trinajstić information content (AvgIpc) is 2.23. The molecule has 2 N–H and O–H groups in total. The lowest BCUT2D eigenvalue weighted by atomic mass is 10.3. The first-order valence-corrected chi connectivity index (χ1v) is 4.96. The van der Waals surface area contributed by atoms with Crippen molar-refractivity contribution in [1.29, 1.82) is 0 Å². The lowest BCUT2D eigenvalue weighted by molar-refractivity contribution is 0.127. The fourth-order valence-corrected chi connectivity index (χ4v) is 1.64. The number of nitrogens with zero attached hydrogens (tertiary/aromatic N) is 3. The van der Waals surface area contributed by atoms with Crippen LogP contribution in [0.3, 0.4) is 0 Å². The summed E-state index contributed by atoms with van der Waals surface area (Å²) < 4.78 is 0. The smallest absolute Gasteiger partial charge is 0.0543 e. The predicted octanol–water partition coefficient (Wildman–Crippen LogP) is 0.916. The molecule has 0 spiro atoms. The van der Waals surface area contributed by atoms with Gasteiger partial charge in [0.1, 0.15) is 0 Å². The van der Waals surface area contributed by atoms with Gasteiger partial charge in [-0.2, -0.15) is 0 Å². The number of halogens is 2. The highest BCUT2D eigenvalue weighted by Gasteiger charge is 2.14. The molecule has 2 heterocycles. The zero-order chi connectivity index (χ0) is 9.80. The maximum Gasteiger partial charge on any atom is 0.0543 e. The van der Waals surface area contributed by atoms with Crippen LogP contribution >= 0.6 is 24.8 Å². The summed E-state index contributed by atoms with van der Waals surface area (Å²) in [6.45, 7) is 4.91. The highest BCUT2D eigenvalue weighted by molar-refractivity contribution is 5.85. The molecule has 16 heavy (non-hydrogen) atoms. The Balaban J connectivity index is 0.00000112. The van der Waals surface area contributed by atoms with Gasteiger partial charge in [-0.25, -0.2) is 5.01 Å². The van der Waals surface area contributed by atoms with Crippen molar-refractivity contribution in [3.63, 3.8) is 0 Å². The molecule has 0 radical (unpaired) electrons. The molecule has 1 aromatic rings. The van der Waals surface area contributed by atoms with E-state index in [-0.39, 0.29) is 24.8 Å². The Bertz CT molecular complexity index is 275. The number of piperazine rings is 1. The fraction of sp³-hybridized carbons (Fsp3) is 0.500. The van der Waals surface area contributed by atoms with E-state index in [4.69, 9.17) is 5.84 Å². The minimum Gasteiger partial charge on any atom is -0.295 e. The minimum atomic E-state index is 0. The molecule has 1 aliphatic heterocycles. The molecule has 1 saturated heterocycles. The van der Waals surface area contributed by atoms with Crippen LogP contribution in [0.15, 0.2) is 24.4 Å². The molecule has 0 bridgehead atoms. The lowest BCUT2D eigenvalue weighted by Crippen LogP contribution is -2.48. The lowest BCUT2D eigenvalue weighted by Gasteiger charge is -2.31. The van der Waals surface area contributed by atoms with Crippen molar-refractivity contribution in [3.05, 3.63) is 30.1 Å². The average molecular weight is 265 g/mol. The van der Waals surface area contributed by atoms with Crippen molar-refractivity contribution in [2.75, 3.05) is 26.2 Å². The molecule has 1 aromatic heterocycles. The van der Waals surface area contributed by atoms with E-state index in [1.54, 1.807) is 0 Å². The second-order valence-electron chi connectivity index (χ2n) is 3.63. The van der Waals surface area contributed by atoms with Gasteiger partial charge >= 0.3 is 0 Å². The third kappa shape index (κ3) is 4.63. The first-order valence-electron chi connectivity index (χ1n) is 4.96. The van der Waals surface area contributed by atoms with Crippen molar-refractivity contribution < 1.29 is 0 Å². The molecule has 1 aliphatic rings. The molecule has 0 unspecified atom stereocenters. The van der Waals surface area contributed by atoms with Crippen LogP contribution in [0.5, 0.6) is 0 Å². The molecule has 0 atom stereocenters. The van der Waals surface area contributed by atoms with Gasteiger partial charge in [-0.15, -0.1) is 24.8 Å². The van der Waals surface area contributed by atoms with Gasteiger partial charge in [0.15, 0.2) is 0 Å². The number of rotatable bonds is 2. The monoisotopic (exact) mass is 264 g/mol. The molecule has 2 rings (SSSR count). The Hall–Kier alpha value is -0.390. The normalized spacial score (nSPS) is 17.3. The zero-order valence-electron chi connectivity index (χ0n) is 9.08. The summed E-state index contributed by atoms with van der Waals surface area (Å²) in [5.41, 5.74) is 1.14. The van der Waals surface area contributed by atoms with Gasteiger partial charge in [0.05, 0.1) is 5.69 Å². The SMILES string of the molecule is Cl.Cl.NN1CCN(Cc2ccccn2)CC1. The van der Waals surface area contributed by atoms with E-state index in [0.717, 1.165) is 38.4 Å². The first kappa shape index (κ1) is 15.6. The second-order valence-corrected chi connectivity index (χ2v) is 3.63. The fourth-order valence-electron chi connectivity index (χ4n) is 1.64. The van der Waals surface area contributed by atoms with Gasteiger partial charge in [-0.3, -0.25) is 15.7 Å². The van der Waals surface area contributed by atoms with Gasteiger partial charge in [-0.05, 0) is 12.1 Å². The van der Waals surface area contributed by atoms with Crippen LogP contribution in [-0.2, 0) is 6.54 Å². The number of hydrazine groups is 1. The van der Waals surface area contributed by atoms with Crippen molar-refractivity contribution >= 4 is 24.8 Å². The van der Waals surface area contributed by atoms with Crippen LogP contribution in [0.2, 0.25) is 0 Å². The Morgan fingerprint density at radius 1 is 1.12 bits per heavy atom. The van der Waals surface area contributed by atoms with Crippen LogP contribution < -0.4 is 5.84 Å². The topological polar surface area (TPSA) is 45.4 Å². The van der Waals surface area contributed by atoms with Crippen molar-refractivity contribution in [1.82, 2.24) is 14.9 Å². The Labute approximate surface area is 109 Å². The molecule has 0 amide bonds. The van der Waals surface area contributed by atoms with Crippen LogP contribution in [-0.4, -0.2) is 41.1 Å². The molecule has 0 aromatic carbocycles. The quantitative estimate of drug-likeness (QED) is 0.808. The number of nitrogens with two attached hydrogens (primary N) is 1. The summed E-state index contributed by atoms with van der Waals surface area (Å²) in [5, 5.41) is 1.87. The maximum atomic E-state index is 5.68. The molecule has 0 aliphatic carbocycles. The van der Waals surface area contributed by atoms with Crippen LogP contribution in [0.4, 0.5) is 0 Å². The van der Waals surface area contributed by atoms with Gasteiger partial charge in [0, 0.05) is 38.9 Å². The van der Waals surface area contributed by atoms with Gasteiger partial charge in [0.25, 0.3) is 0 Å². The third-order valence-corrected chi connectivity index (χ3v) is 2.52. The molecule has 1 fully saturated rings. The van der Waals surface area contributed by atoms with E-state index >= 15 is 0 Å². The van der Waals surface area contributed by atoms with Crippen LogP contribution in [0, 0.1) is 0 Å². The second kappa shape index (κ2) is 7.81. The summed E-state index contributed by atoms with van der Waals surface area (Å²) in [4.78, 5) is 6.69. The number of hydrogen-bond acceptors (Lipinski definition) is 4. The largest absolute Gasteiger partial charge is 0.295 e. The van der Waals surface area contributed by atoms with E-state index in [1.165, 1.54) is 0 Å². The van der Waals surface area contributed by atoms with E-state index < -0.39 is 0 Å². The van der Waals surface area contributed by atoms with Crippen LogP contribution in [0.1, 0.15) is 5.69 Å². The van der Waals surface area contributed by atoms with E-state index in [2.05, 4.69) is 16.0 Å². The maximum absolute atomic E-state index is 5.68. The summed E-state index contributed by atoms with van der Waals surface area (Å²) in [7, 11) is 0. The molecular weight excluding hydrogens is 247 g/mol. The summed E-state index contributed by atoms with van der Waals surface area (Å²) in [6.07, 6.45) is 1.84. The predicted molar refractivity (Wildman–Crippen MR) is 69.8 cm³/mol. The zero-order valence-corrected chi connectivity index (χ0v) is 10.7. The van der Waals surface area contributed by atoms with Crippen molar-refractivity contribution in [3.8, 4) is 0 Å². The number of hydrogen-bond donors (Lipinski definition) is 1. The van der Waals surface area contributed by atoms with Crippen molar-refractivity contribution in [2.45, 2.75) is 6.54 Å². The highest BCUT2D eigenvalue weighted by atomic mass is 35.5. The third-order valence-electron chi connectivity index (χ3n) is 2.52.